The Balaban J connectivity index is 0. The molecule has 0 fully saturated rings. The van der Waals surface area contributed by atoms with Gasteiger partial charge in [0, 0.05) is 0 Å². The van der Waals surface area contributed by atoms with Gasteiger partial charge in [0.15, 0.2) is 0 Å². The van der Waals surface area contributed by atoms with Crippen molar-refractivity contribution in [2.75, 3.05) is 0 Å². The zero-order valence-electron chi connectivity index (χ0n) is 6.97. The molecular weight excluding hydrogens is 291 g/mol. The van der Waals surface area contributed by atoms with Crippen LogP contribution in [-0.2, 0) is 0 Å². The van der Waals surface area contributed by atoms with Gasteiger partial charge in [0.1, 0.15) is 0 Å². The number of carbonyl (C=O) groups is 2. The van der Waals surface area contributed by atoms with Gasteiger partial charge in [-0.2, -0.15) is 0 Å². The molecule has 14 heavy (non-hydrogen) atoms. The average molecular weight is 296 g/mol. The van der Waals surface area contributed by atoms with E-state index < -0.39 is 11.9 Å². The van der Waals surface area contributed by atoms with Crippen LogP contribution in [0.5, 0.6) is 0 Å². The predicted molar refractivity (Wildman–Crippen MR) is 42.8 cm³/mol. The number of benzene rings is 1. The Morgan fingerprint density at radius 2 is 1.07 bits per heavy atom. The van der Waals surface area contributed by atoms with Crippen LogP contribution in [-0.4, -0.2) is 43.3 Å². The Morgan fingerprint density at radius 3 is 1.21 bits per heavy atom. The molecule has 0 unspecified atom stereocenters. The van der Waals surface area contributed by atoms with Crippen molar-refractivity contribution in [3.63, 3.8) is 0 Å². The number of aromatic carboxylic acids is 2. The second-order valence-electron chi connectivity index (χ2n) is 2.15. The number of carbonyl (C=O) groups excluding carboxylic acids is 2. The second-order valence-corrected chi connectivity index (χ2v) is 2.15. The van der Waals surface area contributed by atoms with Crippen molar-refractivity contribution in [2.24, 2.45) is 0 Å². The smallest absolute Gasteiger partial charge is 0.870 e. The molecule has 1 aromatic carbocycles. The van der Waals surface area contributed by atoms with E-state index in [4.69, 9.17) is 0 Å². The maximum absolute atomic E-state index is 10.2. The SMILES string of the molecule is O=C([O-])c1ccc(C(=O)[O-])cc1.[In+3].[OH-]. The molecule has 0 aliphatic carbocycles. The predicted octanol–water partition coefficient (Wildman–Crippen LogP) is -2.14. The summed E-state index contributed by atoms with van der Waals surface area (Å²) in [5.41, 5.74) is -0.111. The van der Waals surface area contributed by atoms with Crippen LogP contribution in [0, 0.1) is 0 Å². The molecule has 70 valence electrons. The van der Waals surface area contributed by atoms with Gasteiger partial charge in [-0.1, -0.05) is 24.3 Å². The van der Waals surface area contributed by atoms with Crippen molar-refractivity contribution in [3.8, 4) is 0 Å². The molecule has 1 rings (SSSR count). The van der Waals surface area contributed by atoms with Gasteiger partial charge in [-0.05, 0) is 11.1 Å². The number of hydrogen-bond donors (Lipinski definition) is 0. The fourth-order valence-corrected chi connectivity index (χ4v) is 0.742. The van der Waals surface area contributed by atoms with Crippen LogP contribution in [0.2, 0.25) is 0 Å². The van der Waals surface area contributed by atoms with E-state index in [0.29, 0.717) is 0 Å². The van der Waals surface area contributed by atoms with Crippen LogP contribution < -0.4 is 10.2 Å². The minimum atomic E-state index is -1.33. The average Bonchev–Trinajstić information content (AvgIpc) is 2.04. The van der Waals surface area contributed by atoms with E-state index in [9.17, 15) is 19.8 Å². The molecule has 0 heterocycles. The molecule has 1 N–H and O–H groups in total. The molecule has 1 aromatic rings. The molecule has 0 radical (unpaired) electrons. The Hall–Kier alpha value is -1.01. The number of carboxylic acids is 2. The summed E-state index contributed by atoms with van der Waals surface area (Å²) in [6, 6.07) is 4.61. The Morgan fingerprint density at radius 1 is 0.857 bits per heavy atom. The van der Waals surface area contributed by atoms with E-state index >= 15 is 0 Å². The van der Waals surface area contributed by atoms with Gasteiger partial charge in [0.2, 0.25) is 0 Å². The topological polar surface area (TPSA) is 110 Å². The third-order valence-corrected chi connectivity index (χ3v) is 1.36. The van der Waals surface area contributed by atoms with Crippen molar-refractivity contribution in [1.82, 2.24) is 0 Å². The minimum Gasteiger partial charge on any atom is -0.870 e. The zero-order valence-corrected chi connectivity index (χ0v) is 10.3. The molecule has 0 aromatic heterocycles. The van der Waals surface area contributed by atoms with E-state index in [0.717, 1.165) is 24.3 Å². The molecule has 0 saturated heterocycles. The summed E-state index contributed by atoms with van der Waals surface area (Å²) in [7, 11) is 0. The van der Waals surface area contributed by atoms with Crippen molar-refractivity contribution in [3.05, 3.63) is 35.4 Å². The Bertz CT molecular complexity index is 286. The van der Waals surface area contributed by atoms with Crippen molar-refractivity contribution >= 4 is 37.8 Å². The summed E-state index contributed by atoms with van der Waals surface area (Å²) in [6.45, 7) is 0. The van der Waals surface area contributed by atoms with Crippen LogP contribution in [0.15, 0.2) is 24.3 Å². The van der Waals surface area contributed by atoms with Crippen LogP contribution in [0.25, 0.3) is 0 Å². The number of hydrogen-bond acceptors (Lipinski definition) is 5. The van der Waals surface area contributed by atoms with Gasteiger partial charge in [0.05, 0.1) is 11.9 Å². The summed E-state index contributed by atoms with van der Waals surface area (Å²) in [4.78, 5) is 20.4. The van der Waals surface area contributed by atoms with Crippen molar-refractivity contribution in [1.29, 1.82) is 0 Å². The van der Waals surface area contributed by atoms with E-state index in [1.54, 1.807) is 0 Å². The summed E-state index contributed by atoms with van der Waals surface area (Å²) in [5.74, 6) is -2.67. The van der Waals surface area contributed by atoms with E-state index in [2.05, 4.69) is 0 Å². The maximum Gasteiger partial charge on any atom is 3.00 e. The first-order valence-corrected chi connectivity index (χ1v) is 3.14. The summed E-state index contributed by atoms with van der Waals surface area (Å²) >= 11 is 0. The molecule has 0 amide bonds. The molecule has 6 heteroatoms. The maximum atomic E-state index is 10.2. The molecular formula is C8H5InO5. The van der Waals surface area contributed by atoms with Crippen LogP contribution in [0.3, 0.4) is 0 Å². The third kappa shape index (κ3) is 3.80. The second kappa shape index (κ2) is 6.44. The molecule has 0 aliphatic rings. The van der Waals surface area contributed by atoms with E-state index in [1.807, 2.05) is 0 Å². The van der Waals surface area contributed by atoms with Crippen molar-refractivity contribution in [2.45, 2.75) is 0 Å². The largest absolute Gasteiger partial charge is 3.00 e. The van der Waals surface area contributed by atoms with Gasteiger partial charge in [-0.25, -0.2) is 0 Å². The Kier molecular flexibility index (Phi) is 7.12. The van der Waals surface area contributed by atoms with Gasteiger partial charge in [-0.15, -0.1) is 0 Å². The first-order valence-electron chi connectivity index (χ1n) is 3.14. The van der Waals surface area contributed by atoms with Crippen LogP contribution >= 0.6 is 0 Å². The first kappa shape index (κ1) is 15.5. The monoisotopic (exact) mass is 296 g/mol. The van der Waals surface area contributed by atoms with Gasteiger partial charge >= 0.3 is 25.8 Å². The summed E-state index contributed by atoms with van der Waals surface area (Å²) < 4.78 is 0. The third-order valence-electron chi connectivity index (χ3n) is 1.36. The number of carboxylic acid groups (broad SMARTS) is 2. The fourth-order valence-electron chi connectivity index (χ4n) is 0.742. The van der Waals surface area contributed by atoms with Crippen LogP contribution in [0.4, 0.5) is 0 Å². The van der Waals surface area contributed by atoms with E-state index in [1.165, 1.54) is 0 Å². The molecule has 0 atom stereocenters. The fraction of sp³-hybridized carbons (Fsp3) is 0. The molecule has 0 aliphatic heterocycles. The summed E-state index contributed by atoms with van der Waals surface area (Å²) in [6.07, 6.45) is 0. The van der Waals surface area contributed by atoms with Gasteiger partial charge < -0.3 is 25.3 Å². The van der Waals surface area contributed by atoms with Crippen LogP contribution in [0.1, 0.15) is 20.7 Å². The zero-order chi connectivity index (χ0) is 9.14. The van der Waals surface area contributed by atoms with E-state index in [-0.39, 0.29) is 42.4 Å². The minimum absolute atomic E-state index is 0. The standard InChI is InChI=1S/C8H6O4.In.H2O/c9-7(10)5-1-2-6(4-3-5)8(11)12;;/h1-4H,(H,9,10)(H,11,12);;1H2/q;+3;/p-3. The van der Waals surface area contributed by atoms with Crippen molar-refractivity contribution < 1.29 is 25.3 Å². The molecule has 5 nitrogen and oxygen atoms in total. The normalized spacial score (nSPS) is 8.00. The molecule has 0 bridgehead atoms. The van der Waals surface area contributed by atoms with Gasteiger partial charge in [0.25, 0.3) is 0 Å². The van der Waals surface area contributed by atoms with Gasteiger partial charge in [-0.3, -0.25) is 0 Å². The molecule has 0 spiro atoms. The first-order chi connectivity index (χ1) is 5.61. The molecule has 0 saturated carbocycles. The number of rotatable bonds is 2. The quantitative estimate of drug-likeness (QED) is 0.618. The summed E-state index contributed by atoms with van der Waals surface area (Å²) in [5, 5.41) is 20.4. The Labute approximate surface area is 98.5 Å².